The van der Waals surface area contributed by atoms with Gasteiger partial charge in [-0.25, -0.2) is 0 Å². The molecule has 0 aromatic heterocycles. The Morgan fingerprint density at radius 1 is 0.636 bits per heavy atom. The summed E-state index contributed by atoms with van der Waals surface area (Å²) in [5.41, 5.74) is 11.9. The van der Waals surface area contributed by atoms with E-state index in [1.807, 2.05) is 65.8 Å². The van der Waals surface area contributed by atoms with Gasteiger partial charge in [-0.1, -0.05) is 86.9 Å². The molecule has 0 radical (unpaired) electrons. The van der Waals surface area contributed by atoms with Crippen molar-refractivity contribution < 1.29 is 9.47 Å². The SMILES string of the molecule is CCCC(C)(N)Oc1c(Cl)cc(C(C)(C)c2cc(Cl)c(OC(C)(N)CCC)c(Cl)c2)cc1Cl. The lowest BCUT2D eigenvalue weighted by molar-refractivity contribution is 0.0852. The number of ether oxygens (including phenoxy) is 2. The number of rotatable bonds is 10. The zero-order valence-electron chi connectivity index (χ0n) is 20.1. The Balaban J connectivity index is 2.44. The molecule has 8 heteroatoms. The normalized spacial score (nSPS) is 15.6. The highest BCUT2D eigenvalue weighted by Gasteiger charge is 2.30. The maximum Gasteiger partial charge on any atom is 0.159 e. The Kier molecular flexibility index (Phi) is 9.28. The van der Waals surface area contributed by atoms with Gasteiger partial charge < -0.3 is 9.47 Å². The number of nitrogens with two attached hydrogens (primary N) is 2. The molecule has 0 heterocycles. The molecule has 4 nitrogen and oxygen atoms in total. The molecule has 184 valence electrons. The maximum atomic E-state index is 6.57. The largest absolute Gasteiger partial charge is 0.470 e. The third-order valence-corrected chi connectivity index (χ3v) is 6.73. The van der Waals surface area contributed by atoms with E-state index in [0.29, 0.717) is 44.4 Å². The van der Waals surface area contributed by atoms with Gasteiger partial charge in [0.25, 0.3) is 0 Å². The predicted molar refractivity (Wildman–Crippen MR) is 141 cm³/mol. The van der Waals surface area contributed by atoms with E-state index >= 15 is 0 Å². The van der Waals surface area contributed by atoms with Crippen LogP contribution in [0.1, 0.15) is 78.4 Å². The minimum Gasteiger partial charge on any atom is -0.470 e. The average molecular weight is 536 g/mol. The minimum atomic E-state index is -0.870. The monoisotopic (exact) mass is 534 g/mol. The van der Waals surface area contributed by atoms with E-state index in [-0.39, 0.29) is 0 Å². The third kappa shape index (κ3) is 7.06. The van der Waals surface area contributed by atoms with E-state index in [2.05, 4.69) is 0 Å². The summed E-state index contributed by atoms with van der Waals surface area (Å²) in [4.78, 5) is 0. The van der Waals surface area contributed by atoms with Crippen LogP contribution < -0.4 is 20.9 Å². The minimum absolute atomic E-state index is 0.370. The fourth-order valence-corrected chi connectivity index (χ4v) is 4.89. The van der Waals surface area contributed by atoms with E-state index in [9.17, 15) is 0 Å². The van der Waals surface area contributed by atoms with Gasteiger partial charge in [0.05, 0.1) is 20.1 Å². The van der Waals surface area contributed by atoms with Gasteiger partial charge in [0.1, 0.15) is 0 Å². The van der Waals surface area contributed by atoms with Gasteiger partial charge in [-0.3, -0.25) is 11.5 Å². The molecule has 2 unspecified atom stereocenters. The van der Waals surface area contributed by atoms with Crippen LogP contribution in [0, 0.1) is 0 Å². The second-order valence-corrected chi connectivity index (χ2v) is 11.1. The lowest BCUT2D eigenvalue weighted by atomic mass is 9.78. The van der Waals surface area contributed by atoms with Gasteiger partial charge >= 0.3 is 0 Å². The molecule has 0 aliphatic rings. The van der Waals surface area contributed by atoms with Gasteiger partial charge in [0.15, 0.2) is 22.9 Å². The van der Waals surface area contributed by atoms with Crippen LogP contribution in [0.25, 0.3) is 0 Å². The van der Waals surface area contributed by atoms with Crippen molar-refractivity contribution >= 4 is 46.4 Å². The molecule has 2 aromatic carbocycles. The summed E-state index contributed by atoms with van der Waals surface area (Å²) in [7, 11) is 0. The molecule has 0 aliphatic heterocycles. The van der Waals surface area contributed by atoms with Crippen LogP contribution in [0.5, 0.6) is 11.5 Å². The molecule has 0 bridgehead atoms. The summed E-state index contributed by atoms with van der Waals surface area (Å²) >= 11 is 26.3. The van der Waals surface area contributed by atoms with Crippen LogP contribution in [-0.4, -0.2) is 11.4 Å². The number of hydrogen-bond donors (Lipinski definition) is 2. The predicted octanol–water partition coefficient (Wildman–Crippen LogP) is 8.33. The molecule has 0 spiro atoms. The van der Waals surface area contributed by atoms with Crippen LogP contribution >= 0.6 is 46.4 Å². The second-order valence-electron chi connectivity index (χ2n) is 9.49. The molecular formula is C25H34Cl4N2O2. The number of hydrogen-bond acceptors (Lipinski definition) is 4. The quantitative estimate of drug-likeness (QED) is 0.300. The Hall–Kier alpha value is -0.880. The summed E-state index contributed by atoms with van der Waals surface area (Å²) in [6.07, 6.45) is 3.07. The molecule has 2 aromatic rings. The zero-order valence-corrected chi connectivity index (χ0v) is 23.1. The molecule has 4 N–H and O–H groups in total. The molecule has 2 atom stereocenters. The van der Waals surface area contributed by atoms with Gasteiger partial charge in [-0.2, -0.15) is 0 Å². The molecule has 0 fully saturated rings. The first-order valence-corrected chi connectivity index (χ1v) is 12.6. The molecular weight excluding hydrogens is 502 g/mol. The zero-order chi connectivity index (χ0) is 25.2. The third-order valence-electron chi connectivity index (χ3n) is 5.60. The number of halogens is 4. The van der Waals surface area contributed by atoms with Crippen molar-refractivity contribution in [2.75, 3.05) is 0 Å². The van der Waals surface area contributed by atoms with E-state index in [1.54, 1.807) is 0 Å². The molecule has 0 amide bonds. The van der Waals surface area contributed by atoms with Crippen molar-refractivity contribution in [3.63, 3.8) is 0 Å². The summed E-state index contributed by atoms with van der Waals surface area (Å²) in [5, 5.41) is 1.53. The highest BCUT2D eigenvalue weighted by molar-refractivity contribution is 6.38. The Labute approximate surface area is 217 Å². The summed E-state index contributed by atoms with van der Waals surface area (Å²) in [6, 6.07) is 7.31. The van der Waals surface area contributed by atoms with Gasteiger partial charge in [0, 0.05) is 18.3 Å². The van der Waals surface area contributed by atoms with Crippen molar-refractivity contribution in [3.05, 3.63) is 55.5 Å². The van der Waals surface area contributed by atoms with Crippen molar-refractivity contribution in [1.29, 1.82) is 0 Å². The molecule has 0 saturated carbocycles. The van der Waals surface area contributed by atoms with Crippen molar-refractivity contribution in [3.8, 4) is 11.5 Å². The topological polar surface area (TPSA) is 70.5 Å². The maximum absolute atomic E-state index is 6.57. The van der Waals surface area contributed by atoms with Crippen LogP contribution in [0.4, 0.5) is 0 Å². The van der Waals surface area contributed by atoms with Crippen molar-refractivity contribution in [2.45, 2.75) is 84.1 Å². The van der Waals surface area contributed by atoms with Gasteiger partial charge in [-0.15, -0.1) is 0 Å². The van der Waals surface area contributed by atoms with Crippen LogP contribution in [0.15, 0.2) is 24.3 Å². The molecule has 2 rings (SSSR count). The Bertz CT molecular complexity index is 867. The van der Waals surface area contributed by atoms with Crippen LogP contribution in [0.2, 0.25) is 20.1 Å². The fraction of sp³-hybridized carbons (Fsp3) is 0.520. The average Bonchev–Trinajstić information content (AvgIpc) is 2.67. The smallest absolute Gasteiger partial charge is 0.159 e. The van der Waals surface area contributed by atoms with E-state index in [1.165, 1.54) is 0 Å². The van der Waals surface area contributed by atoms with Crippen molar-refractivity contribution in [2.24, 2.45) is 11.5 Å². The summed E-state index contributed by atoms with van der Waals surface area (Å²) in [5.74, 6) is 0.739. The first-order valence-electron chi connectivity index (χ1n) is 11.1. The highest BCUT2D eigenvalue weighted by atomic mass is 35.5. The van der Waals surface area contributed by atoms with Gasteiger partial charge in [0.2, 0.25) is 0 Å². The second kappa shape index (κ2) is 10.8. The summed E-state index contributed by atoms with van der Waals surface area (Å²) < 4.78 is 11.9. The van der Waals surface area contributed by atoms with Crippen molar-refractivity contribution in [1.82, 2.24) is 0 Å². The Morgan fingerprint density at radius 2 is 0.909 bits per heavy atom. The van der Waals surface area contributed by atoms with E-state index in [4.69, 9.17) is 67.3 Å². The summed E-state index contributed by atoms with van der Waals surface area (Å²) in [6.45, 7) is 11.8. The molecule has 33 heavy (non-hydrogen) atoms. The standard InChI is InChI=1S/C25H34Cl4N2O2/c1-7-9-24(5,30)32-21-17(26)11-15(12-18(21)27)23(3,4)16-13-19(28)22(20(29)14-16)33-25(6,31)10-8-2/h11-14H,7-10,30-31H2,1-6H3. The van der Waals surface area contributed by atoms with E-state index < -0.39 is 16.9 Å². The fourth-order valence-electron chi connectivity index (χ4n) is 3.76. The lowest BCUT2D eigenvalue weighted by Gasteiger charge is -2.31. The number of benzene rings is 2. The Morgan fingerprint density at radius 3 is 1.15 bits per heavy atom. The van der Waals surface area contributed by atoms with Gasteiger partial charge in [-0.05, 0) is 49.2 Å². The van der Waals surface area contributed by atoms with E-state index in [0.717, 1.165) is 24.0 Å². The van der Waals surface area contributed by atoms with Crippen LogP contribution in [0.3, 0.4) is 0 Å². The lowest BCUT2D eigenvalue weighted by Crippen LogP contribution is -2.42. The molecule has 0 aliphatic carbocycles. The highest BCUT2D eigenvalue weighted by Crippen LogP contribution is 2.44. The van der Waals surface area contributed by atoms with Crippen LogP contribution in [-0.2, 0) is 5.41 Å². The molecule has 0 saturated heterocycles. The first-order chi connectivity index (χ1) is 15.1. The first kappa shape index (κ1) is 28.4.